The summed E-state index contributed by atoms with van der Waals surface area (Å²) in [4.78, 5) is 9.08. The van der Waals surface area contributed by atoms with E-state index in [4.69, 9.17) is 0 Å². The summed E-state index contributed by atoms with van der Waals surface area (Å²) in [5.41, 5.74) is 3.05. The number of aromatic nitrogens is 4. The van der Waals surface area contributed by atoms with Gasteiger partial charge in [0.05, 0.1) is 12.1 Å². The summed E-state index contributed by atoms with van der Waals surface area (Å²) in [7, 11) is 0. The first-order chi connectivity index (χ1) is 11.4. The van der Waals surface area contributed by atoms with E-state index in [9.17, 15) is 0 Å². The third kappa shape index (κ3) is 2.46. The van der Waals surface area contributed by atoms with E-state index in [0.29, 0.717) is 0 Å². The summed E-state index contributed by atoms with van der Waals surface area (Å²) < 4.78 is 4.41. The van der Waals surface area contributed by atoms with E-state index in [0.717, 1.165) is 34.0 Å². The normalized spacial score (nSPS) is 11.3. The van der Waals surface area contributed by atoms with Gasteiger partial charge in [0.15, 0.2) is 0 Å². The number of benzene rings is 1. The van der Waals surface area contributed by atoms with Crippen molar-refractivity contribution in [2.45, 2.75) is 26.3 Å². The number of imidazole rings is 1. The van der Waals surface area contributed by atoms with Gasteiger partial charge in [0.2, 0.25) is 6.33 Å². The highest BCUT2D eigenvalue weighted by Crippen LogP contribution is 2.27. The molecular formula is C19H19N4+. The molecule has 0 N–H and O–H groups in total. The highest BCUT2D eigenvalue weighted by atomic mass is 15.1. The van der Waals surface area contributed by atoms with Crippen LogP contribution in [0.1, 0.15) is 19.8 Å². The molecule has 0 unspecified atom stereocenters. The molecule has 0 radical (unpaired) electrons. The maximum Gasteiger partial charge on any atom is 0.248 e. The van der Waals surface area contributed by atoms with E-state index in [-0.39, 0.29) is 0 Å². The third-order valence-electron chi connectivity index (χ3n) is 4.18. The van der Waals surface area contributed by atoms with E-state index in [1.807, 2.05) is 24.5 Å². The van der Waals surface area contributed by atoms with Crippen molar-refractivity contribution in [3.05, 3.63) is 61.4 Å². The Labute approximate surface area is 135 Å². The summed E-state index contributed by atoms with van der Waals surface area (Å²) in [5, 5.41) is 2.24. The zero-order chi connectivity index (χ0) is 15.6. The van der Waals surface area contributed by atoms with Crippen LogP contribution in [0.25, 0.3) is 27.5 Å². The van der Waals surface area contributed by atoms with Crippen LogP contribution in [0.3, 0.4) is 0 Å². The van der Waals surface area contributed by atoms with E-state index < -0.39 is 0 Å². The Bertz CT molecular complexity index is 971. The lowest BCUT2D eigenvalue weighted by Crippen LogP contribution is -2.30. The molecule has 1 aromatic carbocycles. The second-order valence-corrected chi connectivity index (χ2v) is 5.78. The Balaban J connectivity index is 1.92. The highest BCUT2D eigenvalue weighted by molar-refractivity contribution is 6.06. The van der Waals surface area contributed by atoms with Gasteiger partial charge in [-0.1, -0.05) is 19.4 Å². The van der Waals surface area contributed by atoms with Gasteiger partial charge in [-0.3, -0.25) is 9.97 Å². The number of aryl methyl sites for hydroxylation is 1. The fourth-order valence-corrected chi connectivity index (χ4v) is 2.98. The van der Waals surface area contributed by atoms with Crippen LogP contribution in [-0.4, -0.2) is 14.5 Å². The molecule has 3 aromatic heterocycles. The van der Waals surface area contributed by atoms with Crippen LogP contribution >= 0.6 is 0 Å². The van der Waals surface area contributed by atoms with Gasteiger partial charge in [-0.15, -0.1) is 0 Å². The van der Waals surface area contributed by atoms with Gasteiger partial charge in [0.1, 0.15) is 23.6 Å². The molecule has 0 bridgehead atoms. The predicted molar refractivity (Wildman–Crippen MR) is 91.5 cm³/mol. The SMILES string of the molecule is CCCC[n+]1ccn(-c2cc3cccnc3c3ncccc23)c1. The summed E-state index contributed by atoms with van der Waals surface area (Å²) in [6.45, 7) is 3.27. The molecule has 0 aliphatic heterocycles. The highest BCUT2D eigenvalue weighted by Gasteiger charge is 2.14. The maximum atomic E-state index is 4.57. The molecule has 4 heteroatoms. The zero-order valence-corrected chi connectivity index (χ0v) is 13.2. The summed E-state index contributed by atoms with van der Waals surface area (Å²) in [5.74, 6) is 0. The Kier molecular flexibility index (Phi) is 3.50. The zero-order valence-electron chi connectivity index (χ0n) is 13.2. The van der Waals surface area contributed by atoms with Crippen LogP contribution < -0.4 is 4.57 Å². The van der Waals surface area contributed by atoms with E-state index in [1.165, 1.54) is 12.8 Å². The average Bonchev–Trinajstić information content (AvgIpc) is 3.08. The molecule has 4 nitrogen and oxygen atoms in total. The molecule has 4 rings (SSSR count). The molecular weight excluding hydrogens is 284 g/mol. The molecule has 23 heavy (non-hydrogen) atoms. The molecule has 0 saturated carbocycles. The first kappa shape index (κ1) is 13.9. The monoisotopic (exact) mass is 303 g/mol. The molecule has 0 amide bonds. The van der Waals surface area contributed by atoms with Crippen molar-refractivity contribution in [2.24, 2.45) is 0 Å². The molecule has 0 aliphatic carbocycles. The molecule has 0 fully saturated rings. The van der Waals surface area contributed by atoms with Gasteiger partial charge in [-0.2, -0.15) is 0 Å². The average molecular weight is 303 g/mol. The molecule has 114 valence electrons. The largest absolute Gasteiger partial charge is 0.254 e. The minimum absolute atomic E-state index is 0.953. The predicted octanol–water partition coefficient (Wildman–Crippen LogP) is 3.66. The fourth-order valence-electron chi connectivity index (χ4n) is 2.98. The number of rotatable bonds is 4. The number of hydrogen-bond donors (Lipinski definition) is 0. The Morgan fingerprint density at radius 2 is 1.91 bits per heavy atom. The van der Waals surface area contributed by atoms with Crippen LogP contribution in [0, 0.1) is 0 Å². The summed E-state index contributed by atoms with van der Waals surface area (Å²) in [6.07, 6.45) is 12.4. The van der Waals surface area contributed by atoms with Gasteiger partial charge >= 0.3 is 0 Å². The van der Waals surface area contributed by atoms with Crippen molar-refractivity contribution in [2.75, 3.05) is 0 Å². The van der Waals surface area contributed by atoms with Crippen LogP contribution in [0.2, 0.25) is 0 Å². The van der Waals surface area contributed by atoms with Gasteiger partial charge in [-0.25, -0.2) is 9.13 Å². The molecule has 0 aliphatic rings. The van der Waals surface area contributed by atoms with Crippen molar-refractivity contribution in [3.63, 3.8) is 0 Å². The fraction of sp³-hybridized carbons (Fsp3) is 0.211. The number of unbranched alkanes of at least 4 members (excludes halogenated alkanes) is 1. The van der Waals surface area contributed by atoms with Crippen LogP contribution in [0.15, 0.2) is 61.4 Å². The molecule has 3 heterocycles. The standard InChI is InChI=1S/C19H19N4/c1-2-3-10-22-11-12-23(14-22)17-13-15-6-4-8-20-18(15)19-16(17)7-5-9-21-19/h4-9,11-14H,2-3,10H2,1H3/q+1. The van der Waals surface area contributed by atoms with E-state index in [1.54, 1.807) is 0 Å². The minimum Gasteiger partial charge on any atom is -0.254 e. The third-order valence-corrected chi connectivity index (χ3v) is 4.18. The van der Waals surface area contributed by atoms with Crippen LogP contribution in [-0.2, 0) is 6.54 Å². The Hall–Kier alpha value is -2.75. The van der Waals surface area contributed by atoms with Crippen molar-refractivity contribution in [3.8, 4) is 5.69 Å². The lowest BCUT2D eigenvalue weighted by Gasteiger charge is -2.06. The topological polar surface area (TPSA) is 34.6 Å². The lowest BCUT2D eigenvalue weighted by molar-refractivity contribution is -0.696. The Morgan fingerprint density at radius 3 is 2.78 bits per heavy atom. The number of fused-ring (bicyclic) bond motifs is 3. The van der Waals surface area contributed by atoms with Gasteiger partial charge in [0, 0.05) is 23.2 Å². The molecule has 0 atom stereocenters. The van der Waals surface area contributed by atoms with E-state index >= 15 is 0 Å². The first-order valence-electron chi connectivity index (χ1n) is 8.06. The molecule has 0 saturated heterocycles. The number of hydrogen-bond acceptors (Lipinski definition) is 2. The lowest BCUT2D eigenvalue weighted by atomic mass is 10.1. The van der Waals surface area contributed by atoms with Crippen LogP contribution in [0.4, 0.5) is 0 Å². The maximum absolute atomic E-state index is 4.57. The Morgan fingerprint density at radius 1 is 1.09 bits per heavy atom. The molecule has 0 spiro atoms. The van der Waals surface area contributed by atoms with Gasteiger partial charge < -0.3 is 0 Å². The summed E-state index contributed by atoms with van der Waals surface area (Å²) >= 11 is 0. The molecule has 4 aromatic rings. The van der Waals surface area contributed by atoms with Crippen molar-refractivity contribution in [1.82, 2.24) is 14.5 Å². The van der Waals surface area contributed by atoms with E-state index in [2.05, 4.69) is 62.9 Å². The van der Waals surface area contributed by atoms with Crippen LogP contribution in [0.5, 0.6) is 0 Å². The number of nitrogens with zero attached hydrogens (tertiary/aromatic N) is 4. The van der Waals surface area contributed by atoms with Gasteiger partial charge in [0.25, 0.3) is 0 Å². The second-order valence-electron chi connectivity index (χ2n) is 5.78. The van der Waals surface area contributed by atoms with Crippen molar-refractivity contribution < 1.29 is 4.57 Å². The van der Waals surface area contributed by atoms with Crippen molar-refractivity contribution in [1.29, 1.82) is 0 Å². The summed E-state index contributed by atoms with van der Waals surface area (Å²) in [6, 6.07) is 10.3. The number of pyridine rings is 2. The minimum atomic E-state index is 0.953. The smallest absolute Gasteiger partial charge is 0.248 e. The van der Waals surface area contributed by atoms with Gasteiger partial charge in [-0.05, 0) is 30.7 Å². The second kappa shape index (κ2) is 5.80. The quantitative estimate of drug-likeness (QED) is 0.426. The van der Waals surface area contributed by atoms with Crippen molar-refractivity contribution >= 4 is 21.8 Å². The first-order valence-corrected chi connectivity index (χ1v) is 8.06.